The highest BCUT2D eigenvalue weighted by molar-refractivity contribution is 6.07. The number of anilines is 1. The monoisotopic (exact) mass is 360 g/mol. The minimum Gasteiger partial charge on any atom is -0.459 e. The third-order valence-corrected chi connectivity index (χ3v) is 4.80. The van der Waals surface area contributed by atoms with Crippen LogP contribution in [0.3, 0.4) is 0 Å². The molecule has 5 heteroatoms. The van der Waals surface area contributed by atoms with Crippen molar-refractivity contribution in [2.45, 2.75) is 25.9 Å². The number of fused-ring (bicyclic) bond motifs is 1. The number of carbonyl (C=O) groups excluding carboxylic acids is 2. The van der Waals surface area contributed by atoms with Crippen LogP contribution in [0, 0.1) is 0 Å². The predicted molar refractivity (Wildman–Crippen MR) is 103 cm³/mol. The van der Waals surface area contributed by atoms with Crippen molar-refractivity contribution >= 4 is 17.5 Å². The van der Waals surface area contributed by atoms with Crippen LogP contribution in [0.4, 0.5) is 5.69 Å². The topological polar surface area (TPSA) is 62.6 Å². The van der Waals surface area contributed by atoms with Gasteiger partial charge in [-0.3, -0.25) is 9.59 Å². The maximum absolute atomic E-state index is 13.0. The summed E-state index contributed by atoms with van der Waals surface area (Å²) in [4.78, 5) is 26.9. The Bertz CT molecular complexity index is 964. The number of nitrogens with zero attached hydrogens (tertiary/aromatic N) is 1. The second-order valence-corrected chi connectivity index (χ2v) is 6.72. The van der Waals surface area contributed by atoms with E-state index in [-0.39, 0.29) is 23.6 Å². The van der Waals surface area contributed by atoms with Crippen molar-refractivity contribution in [3.05, 3.63) is 89.4 Å². The van der Waals surface area contributed by atoms with E-state index in [0.29, 0.717) is 12.1 Å². The first-order valence-corrected chi connectivity index (χ1v) is 8.95. The second kappa shape index (κ2) is 7.11. The lowest BCUT2D eigenvalue weighted by molar-refractivity contribution is 0.0922. The summed E-state index contributed by atoms with van der Waals surface area (Å²) in [7, 11) is 0. The van der Waals surface area contributed by atoms with Gasteiger partial charge in [-0.15, -0.1) is 0 Å². The third kappa shape index (κ3) is 3.36. The molecule has 2 amide bonds. The SMILES string of the molecule is C[C@H]1Cc2ccc(CNC(=O)c3ccco3)cc2N1C(=O)c1ccccc1. The molecule has 0 bridgehead atoms. The highest BCUT2D eigenvalue weighted by Crippen LogP contribution is 2.34. The Balaban J connectivity index is 1.55. The van der Waals surface area contributed by atoms with Crippen LogP contribution in [-0.2, 0) is 13.0 Å². The molecule has 1 aromatic heterocycles. The summed E-state index contributed by atoms with van der Waals surface area (Å²) in [5.74, 6) is 0.0235. The van der Waals surface area contributed by atoms with Crippen LogP contribution < -0.4 is 10.2 Å². The van der Waals surface area contributed by atoms with Gasteiger partial charge in [0.05, 0.1) is 6.26 Å². The molecule has 5 nitrogen and oxygen atoms in total. The largest absolute Gasteiger partial charge is 0.459 e. The van der Waals surface area contributed by atoms with E-state index in [1.165, 1.54) is 6.26 Å². The number of nitrogens with one attached hydrogen (secondary N) is 1. The van der Waals surface area contributed by atoms with Crippen LogP contribution in [0.2, 0.25) is 0 Å². The lowest BCUT2D eigenvalue weighted by atomic mass is 10.1. The van der Waals surface area contributed by atoms with E-state index in [1.807, 2.05) is 53.4 Å². The number of hydrogen-bond acceptors (Lipinski definition) is 3. The molecule has 0 spiro atoms. The molecule has 0 aliphatic carbocycles. The fourth-order valence-electron chi connectivity index (χ4n) is 3.47. The Labute approximate surface area is 157 Å². The molecule has 1 atom stereocenters. The molecule has 0 saturated heterocycles. The van der Waals surface area contributed by atoms with Crippen molar-refractivity contribution in [2.24, 2.45) is 0 Å². The molecule has 3 aromatic rings. The first-order chi connectivity index (χ1) is 13.1. The van der Waals surface area contributed by atoms with Crippen LogP contribution in [0.1, 0.15) is 39.0 Å². The van der Waals surface area contributed by atoms with E-state index < -0.39 is 0 Å². The summed E-state index contributed by atoms with van der Waals surface area (Å²) in [6, 6.07) is 18.7. The van der Waals surface area contributed by atoms with Gasteiger partial charge in [0.2, 0.25) is 0 Å². The number of benzene rings is 2. The van der Waals surface area contributed by atoms with Crippen molar-refractivity contribution in [3.63, 3.8) is 0 Å². The summed E-state index contributed by atoms with van der Waals surface area (Å²) in [6.45, 7) is 2.42. The normalized spacial score (nSPS) is 15.4. The predicted octanol–water partition coefficient (Wildman–Crippen LogP) is 3.80. The zero-order valence-electron chi connectivity index (χ0n) is 15.0. The van der Waals surface area contributed by atoms with Crippen LogP contribution >= 0.6 is 0 Å². The summed E-state index contributed by atoms with van der Waals surface area (Å²) in [6.07, 6.45) is 2.30. The first kappa shape index (κ1) is 17.1. The van der Waals surface area contributed by atoms with Gasteiger partial charge >= 0.3 is 0 Å². The molecular weight excluding hydrogens is 340 g/mol. The molecule has 0 unspecified atom stereocenters. The lowest BCUT2D eigenvalue weighted by Gasteiger charge is -2.23. The zero-order valence-corrected chi connectivity index (χ0v) is 15.0. The minimum absolute atomic E-state index is 0.00128. The maximum atomic E-state index is 13.0. The van der Waals surface area contributed by atoms with E-state index >= 15 is 0 Å². The van der Waals surface area contributed by atoms with E-state index in [4.69, 9.17) is 4.42 Å². The van der Waals surface area contributed by atoms with E-state index in [2.05, 4.69) is 12.2 Å². The van der Waals surface area contributed by atoms with Crippen molar-refractivity contribution in [3.8, 4) is 0 Å². The van der Waals surface area contributed by atoms with Gasteiger partial charge in [0.1, 0.15) is 0 Å². The van der Waals surface area contributed by atoms with Crippen LogP contribution in [-0.4, -0.2) is 17.9 Å². The molecule has 1 aliphatic rings. The molecule has 0 fully saturated rings. The number of carbonyl (C=O) groups is 2. The molecule has 2 heterocycles. The Hall–Kier alpha value is -3.34. The van der Waals surface area contributed by atoms with E-state index in [1.54, 1.807) is 12.1 Å². The van der Waals surface area contributed by atoms with Gasteiger partial charge < -0.3 is 14.6 Å². The highest BCUT2D eigenvalue weighted by atomic mass is 16.3. The summed E-state index contributed by atoms with van der Waals surface area (Å²) >= 11 is 0. The highest BCUT2D eigenvalue weighted by Gasteiger charge is 2.31. The molecule has 1 N–H and O–H groups in total. The maximum Gasteiger partial charge on any atom is 0.287 e. The van der Waals surface area contributed by atoms with Gasteiger partial charge in [-0.2, -0.15) is 0 Å². The molecule has 4 rings (SSSR count). The summed E-state index contributed by atoms with van der Waals surface area (Å²) in [5, 5.41) is 2.84. The van der Waals surface area contributed by atoms with Crippen LogP contribution in [0.5, 0.6) is 0 Å². The Morgan fingerprint density at radius 1 is 1.11 bits per heavy atom. The molecule has 1 aliphatic heterocycles. The van der Waals surface area contributed by atoms with Gasteiger partial charge in [-0.1, -0.05) is 30.3 Å². The van der Waals surface area contributed by atoms with Gasteiger partial charge in [0, 0.05) is 23.8 Å². The third-order valence-electron chi connectivity index (χ3n) is 4.80. The van der Waals surface area contributed by atoms with Gasteiger partial charge in [0.15, 0.2) is 5.76 Å². The Morgan fingerprint density at radius 3 is 2.67 bits per heavy atom. The van der Waals surface area contributed by atoms with Gasteiger partial charge in [0.25, 0.3) is 11.8 Å². The van der Waals surface area contributed by atoms with E-state index in [9.17, 15) is 9.59 Å². The van der Waals surface area contributed by atoms with Crippen LogP contribution in [0.15, 0.2) is 71.3 Å². The van der Waals surface area contributed by atoms with Crippen molar-refractivity contribution < 1.29 is 14.0 Å². The summed E-state index contributed by atoms with van der Waals surface area (Å²) < 4.78 is 5.10. The van der Waals surface area contributed by atoms with E-state index in [0.717, 1.165) is 23.2 Å². The van der Waals surface area contributed by atoms with Crippen molar-refractivity contribution in [2.75, 3.05) is 4.90 Å². The van der Waals surface area contributed by atoms with Crippen molar-refractivity contribution in [1.29, 1.82) is 0 Å². The minimum atomic E-state index is -0.258. The number of hydrogen-bond donors (Lipinski definition) is 1. The fraction of sp³-hybridized carbons (Fsp3) is 0.182. The Kier molecular flexibility index (Phi) is 4.50. The molecule has 0 saturated carbocycles. The molecule has 27 heavy (non-hydrogen) atoms. The molecule has 2 aromatic carbocycles. The first-order valence-electron chi connectivity index (χ1n) is 8.95. The van der Waals surface area contributed by atoms with Gasteiger partial charge in [-0.25, -0.2) is 0 Å². The zero-order chi connectivity index (χ0) is 18.8. The molecule has 0 radical (unpaired) electrons. The smallest absolute Gasteiger partial charge is 0.287 e. The Morgan fingerprint density at radius 2 is 1.93 bits per heavy atom. The van der Waals surface area contributed by atoms with Crippen LogP contribution in [0.25, 0.3) is 0 Å². The second-order valence-electron chi connectivity index (χ2n) is 6.72. The molecule has 136 valence electrons. The average Bonchev–Trinajstić information content (AvgIpc) is 3.33. The van der Waals surface area contributed by atoms with Gasteiger partial charge in [-0.05, 0) is 54.8 Å². The van der Waals surface area contributed by atoms with Crippen molar-refractivity contribution in [1.82, 2.24) is 5.32 Å². The number of amides is 2. The lowest BCUT2D eigenvalue weighted by Crippen LogP contribution is -2.35. The quantitative estimate of drug-likeness (QED) is 0.770. The molecular formula is C22H20N2O3. The number of furan rings is 1. The standard InChI is InChI=1S/C22H20N2O3/c1-15-12-18-10-9-16(14-23-21(25)20-8-5-11-27-20)13-19(18)24(15)22(26)17-6-3-2-4-7-17/h2-11,13,15H,12,14H2,1H3,(H,23,25)/t15-/m0/s1. The average molecular weight is 360 g/mol. The summed E-state index contributed by atoms with van der Waals surface area (Å²) in [5.41, 5.74) is 3.68. The fourth-order valence-corrected chi connectivity index (χ4v) is 3.47. The number of rotatable bonds is 4.